The van der Waals surface area contributed by atoms with Gasteiger partial charge < -0.3 is 42.2 Å². The van der Waals surface area contributed by atoms with E-state index < -0.39 is 24.2 Å². The van der Waals surface area contributed by atoms with E-state index in [1.807, 2.05) is 12.1 Å². The van der Waals surface area contributed by atoms with Gasteiger partial charge in [0.05, 0.1) is 58.1 Å². The Morgan fingerprint density at radius 1 is 0.661 bits per heavy atom. The first-order chi connectivity index (χ1) is 27.2. The molecule has 0 spiro atoms. The lowest BCUT2D eigenvalue weighted by Crippen LogP contribution is -2.18. The summed E-state index contributed by atoms with van der Waals surface area (Å²) >= 11 is 0. The molecule has 284 valence electrons. The van der Waals surface area contributed by atoms with Crippen LogP contribution < -0.4 is 42.2 Å². The number of alkyl halides is 2. The zero-order valence-corrected chi connectivity index (χ0v) is 29.6. The van der Waals surface area contributed by atoms with Crippen LogP contribution >= 0.6 is 0 Å². The van der Waals surface area contributed by atoms with Gasteiger partial charge in [-0.3, -0.25) is 19.6 Å². The van der Waals surface area contributed by atoms with E-state index in [1.165, 1.54) is 0 Å². The van der Waals surface area contributed by atoms with Crippen molar-refractivity contribution in [3.8, 4) is 34.0 Å². The summed E-state index contributed by atoms with van der Waals surface area (Å²) in [5, 5.41) is 14.6. The molecular weight excluding hydrogens is 726 g/mol. The van der Waals surface area contributed by atoms with Crippen molar-refractivity contribution < 1.29 is 27.8 Å². The number of hydrogen-bond donors (Lipinski definition) is 6. The molecule has 0 saturated heterocycles. The van der Waals surface area contributed by atoms with E-state index in [4.69, 9.17) is 20.9 Å². The van der Waals surface area contributed by atoms with E-state index in [-0.39, 0.29) is 24.7 Å². The van der Waals surface area contributed by atoms with E-state index >= 15 is 0 Å². The zero-order valence-electron chi connectivity index (χ0n) is 29.6. The quantitative estimate of drug-likeness (QED) is 0.135. The number of ether oxygens (including phenoxy) is 2. The van der Waals surface area contributed by atoms with E-state index in [0.29, 0.717) is 83.2 Å². The van der Waals surface area contributed by atoms with Crippen LogP contribution in [0.25, 0.3) is 44.1 Å². The lowest BCUT2D eigenvalue weighted by atomic mass is 10.1. The number of rotatable bonds is 6. The minimum absolute atomic E-state index is 0.264. The van der Waals surface area contributed by atoms with Crippen LogP contribution in [0.2, 0.25) is 0 Å². The Hall–Kier alpha value is -6.98. The van der Waals surface area contributed by atoms with Crippen LogP contribution in [-0.4, -0.2) is 80.4 Å². The average Bonchev–Trinajstić information content (AvgIpc) is 4.14. The van der Waals surface area contributed by atoms with E-state index in [9.17, 15) is 18.4 Å². The van der Waals surface area contributed by atoms with Gasteiger partial charge in [0.2, 0.25) is 11.8 Å². The fourth-order valence-corrected chi connectivity index (χ4v) is 6.57. The number of carbonyl (C=O) groups is 2. The molecule has 2 aliphatic heterocycles. The second kappa shape index (κ2) is 14.0. The van der Waals surface area contributed by atoms with Gasteiger partial charge in [-0.25, -0.2) is 28.7 Å². The van der Waals surface area contributed by atoms with Gasteiger partial charge in [0.15, 0.2) is 11.5 Å². The summed E-state index contributed by atoms with van der Waals surface area (Å²) in [7, 11) is 0. The minimum atomic E-state index is -1.06. The normalized spacial score (nSPS) is 20.0. The Bertz CT molecular complexity index is 2390. The van der Waals surface area contributed by atoms with E-state index in [2.05, 4.69) is 51.2 Å². The number of aromatic nitrogens is 6. The molecule has 2 aliphatic carbocycles. The number of nitrogen functional groups attached to an aromatic ring is 2. The van der Waals surface area contributed by atoms with Crippen molar-refractivity contribution in [1.82, 2.24) is 29.9 Å². The van der Waals surface area contributed by atoms with Crippen LogP contribution in [0.5, 0.6) is 11.5 Å². The second-order valence-corrected chi connectivity index (χ2v) is 13.7. The monoisotopic (exact) mass is 760 g/mol. The first-order valence-corrected chi connectivity index (χ1v) is 17.9. The molecule has 2 fully saturated rings. The maximum atomic E-state index is 13.1. The van der Waals surface area contributed by atoms with Crippen molar-refractivity contribution in [1.29, 1.82) is 0 Å². The summed E-state index contributed by atoms with van der Waals surface area (Å²) in [6, 6.07) is 7.08. The average molecular weight is 761 g/mol. The molecule has 10 rings (SSSR count). The third-order valence-electron chi connectivity index (χ3n) is 9.76. The fraction of sp³-hybridized carbons (Fsp3) is 0.263. The number of pyridine rings is 6. The van der Waals surface area contributed by atoms with Crippen LogP contribution in [0.4, 0.5) is 43.4 Å². The highest BCUT2D eigenvalue weighted by Gasteiger charge is 2.44. The maximum Gasteiger partial charge on any atom is 0.231 e. The predicted molar refractivity (Wildman–Crippen MR) is 206 cm³/mol. The number of nitrogens with zero attached hydrogens (tertiary/aromatic N) is 6. The Morgan fingerprint density at radius 2 is 1.09 bits per heavy atom. The van der Waals surface area contributed by atoms with E-state index in [0.717, 1.165) is 33.3 Å². The molecule has 0 aromatic carbocycles. The molecule has 2 saturated carbocycles. The molecule has 4 aliphatic rings. The Labute approximate surface area is 316 Å². The van der Waals surface area contributed by atoms with Gasteiger partial charge in [-0.05, 0) is 47.9 Å². The van der Waals surface area contributed by atoms with Crippen molar-refractivity contribution in [2.24, 2.45) is 11.8 Å². The lowest BCUT2D eigenvalue weighted by Gasteiger charge is -2.21. The topological polar surface area (TPSA) is 230 Å². The largest absolute Gasteiger partial charge is 0.489 e. The molecular formula is C38H34F2N12O4. The fourth-order valence-electron chi connectivity index (χ4n) is 6.57. The highest BCUT2D eigenvalue weighted by molar-refractivity contribution is 6.00. The maximum absolute atomic E-state index is 13.1. The molecule has 6 aromatic heterocycles. The van der Waals surface area contributed by atoms with Crippen molar-refractivity contribution in [3.63, 3.8) is 0 Å². The first kappa shape index (κ1) is 34.8. The lowest BCUT2D eigenvalue weighted by molar-refractivity contribution is -0.118. The Morgan fingerprint density at radius 3 is 1.50 bits per heavy atom. The number of carbonyl (C=O) groups excluding carboxylic acids is 2. The van der Waals surface area contributed by atoms with Gasteiger partial charge in [0.25, 0.3) is 0 Å². The smallest absolute Gasteiger partial charge is 0.231 e. The molecule has 0 radical (unpaired) electrons. The molecule has 2 amide bonds. The van der Waals surface area contributed by atoms with Gasteiger partial charge in [-0.15, -0.1) is 0 Å². The van der Waals surface area contributed by atoms with Gasteiger partial charge in [0.1, 0.15) is 48.8 Å². The number of halogens is 2. The van der Waals surface area contributed by atoms with Crippen molar-refractivity contribution in [3.05, 3.63) is 61.4 Å². The highest BCUT2D eigenvalue weighted by atomic mass is 19.1. The van der Waals surface area contributed by atoms with Crippen LogP contribution in [0.1, 0.15) is 12.8 Å². The Kier molecular flexibility index (Phi) is 8.70. The summed E-state index contributed by atoms with van der Waals surface area (Å²) in [6.45, 7) is 2.51. The highest BCUT2D eigenvalue weighted by Crippen LogP contribution is 2.40. The molecule has 16 nitrogen and oxygen atoms in total. The van der Waals surface area contributed by atoms with E-state index in [1.54, 1.807) is 49.3 Å². The first-order valence-electron chi connectivity index (χ1n) is 17.9. The van der Waals surface area contributed by atoms with Crippen LogP contribution in [0.15, 0.2) is 61.4 Å². The second-order valence-electron chi connectivity index (χ2n) is 13.7. The predicted octanol–water partition coefficient (Wildman–Crippen LogP) is 4.75. The van der Waals surface area contributed by atoms with Crippen LogP contribution in [-0.2, 0) is 9.59 Å². The van der Waals surface area contributed by atoms with Crippen molar-refractivity contribution >= 4 is 68.0 Å². The summed E-state index contributed by atoms with van der Waals surface area (Å²) < 4.78 is 37.8. The molecule has 0 unspecified atom stereocenters. The molecule has 0 bridgehead atoms. The molecule has 8 N–H and O–H groups in total. The summed E-state index contributed by atoms with van der Waals surface area (Å²) in [5.41, 5.74) is 16.5. The van der Waals surface area contributed by atoms with Crippen molar-refractivity contribution in [2.45, 2.75) is 25.2 Å². The third-order valence-corrected chi connectivity index (χ3v) is 9.76. The summed E-state index contributed by atoms with van der Waals surface area (Å²) in [5.74, 6) is 0.791. The molecule has 4 atom stereocenters. The number of amides is 2. The molecule has 56 heavy (non-hydrogen) atoms. The van der Waals surface area contributed by atoms with Gasteiger partial charge in [0, 0.05) is 48.6 Å². The number of anilines is 6. The summed E-state index contributed by atoms with van der Waals surface area (Å²) in [4.78, 5) is 49.8. The third kappa shape index (κ3) is 6.80. The van der Waals surface area contributed by atoms with Crippen molar-refractivity contribution in [2.75, 3.05) is 59.0 Å². The summed E-state index contributed by atoms with van der Waals surface area (Å²) in [6.07, 6.45) is 8.28. The van der Waals surface area contributed by atoms with Gasteiger partial charge in [-0.1, -0.05) is 0 Å². The molecule has 6 aromatic rings. The van der Waals surface area contributed by atoms with Gasteiger partial charge in [-0.2, -0.15) is 0 Å². The minimum Gasteiger partial charge on any atom is -0.489 e. The van der Waals surface area contributed by atoms with Gasteiger partial charge >= 0.3 is 0 Å². The standard InChI is InChI=1S/2C19H17FN6O2/c2*20-13-5-10(13)19(27)26-16-4-9-3-14(25-18(21)11(9)7-24-16)12-6-22-8-15-17(12)28-2-1-23-15/h2*3-4,6-8,10,13,23H,1-2,5H2,(H2,21,25)(H,24,26,27)/t2*10-,13+/m10/s1. The zero-order chi connectivity index (χ0) is 38.5. The van der Waals surface area contributed by atoms with Crippen LogP contribution in [0.3, 0.4) is 0 Å². The number of hydrogen-bond acceptors (Lipinski definition) is 14. The number of nitrogens with two attached hydrogens (primary N) is 2. The number of nitrogens with one attached hydrogen (secondary N) is 4. The number of fused-ring (bicyclic) bond motifs is 4. The SMILES string of the molecule is Nc1nc(-c2cncc3c2OCCN3)cc2cc(NC(=O)[C@@H]3C[C@@H]3F)ncc12.Nc1nc(-c2cncc3c2OCCN3)cc2cc(NC(=O)[C@H]3C[C@H]3F)ncc12. The molecule has 8 heterocycles. The Balaban J connectivity index is 0.000000146. The van der Waals surface area contributed by atoms with Crippen LogP contribution in [0, 0.1) is 11.8 Å². The molecule has 18 heteroatoms.